The van der Waals surface area contributed by atoms with Gasteiger partial charge in [-0.1, -0.05) is 73.2 Å². The van der Waals surface area contributed by atoms with Crippen molar-refractivity contribution in [2.24, 2.45) is 5.92 Å². The maximum atomic E-state index is 14.8. The molecule has 7 N–H and O–H groups in total. The molecule has 1 heterocycles. The molecule has 0 saturated heterocycles. The second-order valence-corrected chi connectivity index (χ2v) is 16.2. The number of Topliss-reactive ketones (excluding diaryl/α,β-unsaturated/α-hetero) is 1. The number of aryl methyl sites for hydroxylation is 1. The lowest BCUT2D eigenvalue weighted by molar-refractivity contribution is -0.123. The smallest absolute Gasteiger partial charge is 0.186 e. The molecular formula is C51H60N3O9-. The Morgan fingerprint density at radius 3 is 2.37 bits per heavy atom. The van der Waals surface area contributed by atoms with Crippen molar-refractivity contribution < 1.29 is 44.5 Å². The summed E-state index contributed by atoms with van der Waals surface area (Å²) in [5.74, 6) is -0.406. The van der Waals surface area contributed by atoms with E-state index in [0.29, 0.717) is 55.2 Å². The van der Waals surface area contributed by atoms with E-state index in [2.05, 4.69) is 46.8 Å². The largest absolute Gasteiger partial charge is 0.670 e. The third kappa shape index (κ3) is 12.2. The molecule has 0 amide bonds. The number of phenolic OH excluding ortho intramolecular Hbond substituents is 2. The Morgan fingerprint density at radius 1 is 0.825 bits per heavy atom. The molecule has 1 aromatic heterocycles. The summed E-state index contributed by atoms with van der Waals surface area (Å²) in [6, 6.07) is 28.3. The third-order valence-electron chi connectivity index (χ3n) is 11.6. The summed E-state index contributed by atoms with van der Waals surface area (Å²) in [6.45, 7) is 4.03. The average Bonchev–Trinajstić information content (AvgIpc) is 3.79. The van der Waals surface area contributed by atoms with Gasteiger partial charge in [-0.05, 0) is 120 Å². The number of carbonyl (C=O) groups excluding carboxylic acids is 1. The van der Waals surface area contributed by atoms with E-state index < -0.39 is 30.8 Å². The summed E-state index contributed by atoms with van der Waals surface area (Å²) in [6.07, 6.45) is 3.92. The minimum Gasteiger partial charge on any atom is -0.670 e. The Kier molecular flexibility index (Phi) is 16.6. The molecule has 0 radical (unpaired) electrons. The predicted molar refractivity (Wildman–Crippen MR) is 244 cm³/mol. The van der Waals surface area contributed by atoms with Gasteiger partial charge < -0.3 is 50.0 Å². The fourth-order valence-corrected chi connectivity index (χ4v) is 8.49. The first kappa shape index (κ1) is 46.6. The molecule has 0 aliphatic heterocycles. The number of phenols is 2. The van der Waals surface area contributed by atoms with Gasteiger partial charge >= 0.3 is 0 Å². The quantitative estimate of drug-likeness (QED) is 0.0261. The lowest BCUT2D eigenvalue weighted by Crippen LogP contribution is -2.30. The lowest BCUT2D eigenvalue weighted by Gasteiger charge is -2.27. The van der Waals surface area contributed by atoms with Crippen molar-refractivity contribution in [2.75, 3.05) is 34.2 Å². The Hall–Kier alpha value is -5.89. The first-order valence-corrected chi connectivity index (χ1v) is 21.5. The molecule has 6 aromatic rings. The molecule has 12 nitrogen and oxygen atoms in total. The second-order valence-electron chi connectivity index (χ2n) is 16.2. The van der Waals surface area contributed by atoms with E-state index in [-0.39, 0.29) is 36.9 Å². The zero-order valence-corrected chi connectivity index (χ0v) is 36.5. The summed E-state index contributed by atoms with van der Waals surface area (Å²) in [7, 11) is 3.35. The molecular weight excluding hydrogens is 799 g/mol. The fourth-order valence-electron chi connectivity index (χ4n) is 8.49. The second kappa shape index (κ2) is 22.5. The van der Waals surface area contributed by atoms with Crippen LogP contribution >= 0.6 is 0 Å². The van der Waals surface area contributed by atoms with E-state index in [0.717, 1.165) is 50.6 Å². The Morgan fingerprint density at radius 2 is 1.63 bits per heavy atom. The van der Waals surface area contributed by atoms with Gasteiger partial charge in [-0.25, -0.2) is 0 Å². The highest BCUT2D eigenvalue weighted by Gasteiger charge is 2.30. The van der Waals surface area contributed by atoms with Crippen LogP contribution < -0.4 is 29.8 Å². The number of benzene rings is 5. The molecule has 4 atom stereocenters. The molecule has 5 aromatic carbocycles. The lowest BCUT2D eigenvalue weighted by atomic mass is 9.80. The average molecular weight is 859 g/mol. The van der Waals surface area contributed by atoms with Crippen LogP contribution in [-0.2, 0) is 43.4 Å². The van der Waals surface area contributed by atoms with Crippen molar-refractivity contribution in [3.05, 3.63) is 148 Å². The predicted octanol–water partition coefficient (Wildman–Crippen LogP) is 6.47. The normalized spacial score (nSPS) is 13.4. The topological polar surface area (TPSA) is 184 Å². The van der Waals surface area contributed by atoms with E-state index in [1.807, 2.05) is 30.3 Å². The third-order valence-corrected chi connectivity index (χ3v) is 11.6. The number of nitrogens with zero attached hydrogens (tertiary/aromatic N) is 1. The van der Waals surface area contributed by atoms with Gasteiger partial charge in [0.2, 0.25) is 0 Å². The van der Waals surface area contributed by atoms with Gasteiger partial charge in [0.25, 0.3) is 0 Å². The van der Waals surface area contributed by atoms with Gasteiger partial charge in [0, 0.05) is 37.4 Å². The molecule has 0 saturated carbocycles. The monoisotopic (exact) mass is 858 g/mol. The van der Waals surface area contributed by atoms with Gasteiger partial charge in [0.1, 0.15) is 18.3 Å². The van der Waals surface area contributed by atoms with Crippen molar-refractivity contribution in [3.8, 4) is 28.7 Å². The molecule has 0 spiro atoms. The highest BCUT2D eigenvalue weighted by atomic mass is 16.6. The van der Waals surface area contributed by atoms with Crippen molar-refractivity contribution in [3.63, 3.8) is 0 Å². The molecule has 0 aliphatic rings. The summed E-state index contributed by atoms with van der Waals surface area (Å²) in [5, 5.41) is 61.9. The van der Waals surface area contributed by atoms with Crippen LogP contribution in [0.4, 0.5) is 0 Å². The molecule has 63 heavy (non-hydrogen) atoms. The SMILES string of the molecule is CCc1ccc2ccccc2c1Cc1c(C[C@H](Cc2cc[n-]c2)[C@H](O)CC(=O)[C@H](Cc2ccc(OCO)c(OCNC[C@H](C)O)c2)c2cc(O)cc(CNC)c2)ccc(O)c1OC. The molecule has 0 fully saturated rings. The molecule has 12 heteroatoms. The van der Waals surface area contributed by atoms with Crippen molar-refractivity contribution in [2.45, 2.75) is 77.0 Å². The Balaban J connectivity index is 1.35. The number of aliphatic hydroxyl groups is 3. The van der Waals surface area contributed by atoms with Gasteiger partial charge in [0.05, 0.1) is 19.3 Å². The van der Waals surface area contributed by atoms with E-state index in [1.165, 1.54) is 5.56 Å². The minimum atomic E-state index is -1.10. The number of aromatic hydroxyl groups is 2. The van der Waals surface area contributed by atoms with Gasteiger partial charge in [-0.2, -0.15) is 12.4 Å². The van der Waals surface area contributed by atoms with Crippen LogP contribution in [0.3, 0.4) is 0 Å². The van der Waals surface area contributed by atoms with Gasteiger partial charge in [0.15, 0.2) is 29.8 Å². The Bertz CT molecular complexity index is 2420. The number of nitrogens with one attached hydrogen (secondary N) is 2. The number of methoxy groups -OCH3 is 1. The van der Waals surface area contributed by atoms with E-state index >= 15 is 0 Å². The zero-order valence-electron chi connectivity index (χ0n) is 36.5. The maximum absolute atomic E-state index is 14.8. The summed E-state index contributed by atoms with van der Waals surface area (Å²) < 4.78 is 17.2. The highest BCUT2D eigenvalue weighted by molar-refractivity contribution is 5.88. The number of carbonyl (C=O) groups is 1. The minimum absolute atomic E-state index is 0.0174. The summed E-state index contributed by atoms with van der Waals surface area (Å²) in [5.41, 5.74) is 7.05. The van der Waals surface area contributed by atoms with Crippen molar-refractivity contribution in [1.82, 2.24) is 15.6 Å². The van der Waals surface area contributed by atoms with Gasteiger partial charge in [-0.3, -0.25) is 10.1 Å². The maximum Gasteiger partial charge on any atom is 0.186 e. The molecule has 6 rings (SSSR count). The zero-order chi connectivity index (χ0) is 44.9. The van der Waals surface area contributed by atoms with Crippen molar-refractivity contribution >= 4 is 16.6 Å². The fraction of sp³-hybridized carbons (Fsp3) is 0.353. The standard InChI is InChI=1S/C51H60N3O9/c1-5-36-11-12-37-8-6-7-9-42(37)43(36)25-45-38(13-14-46(58)51(45)61-4)23-40(18-34-16-17-53-29-34)47(59)26-48(60)44(39-19-35(28-52-3)20-41(57)24-39)21-33-10-15-49(63-31-55)50(22-33)62-30-54-27-32(2)56/h6-17,19-20,22,24,29,32,40,44,47,52,54-59H,5,18,21,23,25-28,30-31H2,1-4H3/q-1/t32-,40-,44+,47+/m0/s1. The number of aromatic nitrogens is 1. The highest BCUT2D eigenvalue weighted by Crippen LogP contribution is 2.39. The molecule has 0 bridgehead atoms. The molecule has 0 aliphatic carbocycles. The van der Waals surface area contributed by atoms with E-state index in [4.69, 9.17) is 14.2 Å². The number of ketones is 1. The van der Waals surface area contributed by atoms with Crippen LogP contribution in [-0.4, -0.2) is 77.7 Å². The number of fused-ring (bicyclic) bond motifs is 1. The number of ether oxygens (including phenoxy) is 3. The van der Waals surface area contributed by atoms with Gasteiger partial charge in [-0.15, -0.1) is 0 Å². The van der Waals surface area contributed by atoms with E-state index in [9.17, 15) is 30.3 Å². The van der Waals surface area contributed by atoms with Crippen LogP contribution in [0.25, 0.3) is 10.8 Å². The van der Waals surface area contributed by atoms with Crippen LogP contribution in [0.5, 0.6) is 28.7 Å². The first-order valence-electron chi connectivity index (χ1n) is 21.5. The number of rotatable bonds is 24. The number of hydrogen-bond donors (Lipinski definition) is 7. The Labute approximate surface area is 369 Å². The first-order chi connectivity index (χ1) is 30.5. The van der Waals surface area contributed by atoms with Crippen LogP contribution in [0.1, 0.15) is 70.7 Å². The van der Waals surface area contributed by atoms with Crippen LogP contribution in [0.2, 0.25) is 0 Å². The molecule has 334 valence electrons. The number of hydrogen-bond acceptors (Lipinski definition) is 11. The van der Waals surface area contributed by atoms with Crippen LogP contribution in [0, 0.1) is 5.92 Å². The van der Waals surface area contributed by atoms with Crippen molar-refractivity contribution in [1.29, 1.82) is 0 Å². The molecule has 0 unspecified atom stereocenters. The van der Waals surface area contributed by atoms with E-state index in [1.54, 1.807) is 69.9 Å². The summed E-state index contributed by atoms with van der Waals surface area (Å²) in [4.78, 5) is 19.1. The summed E-state index contributed by atoms with van der Waals surface area (Å²) >= 11 is 0. The van der Waals surface area contributed by atoms with Crippen LogP contribution in [0.15, 0.2) is 103 Å². The number of aliphatic hydroxyl groups excluding tert-OH is 3.